The molecule has 1 fully saturated rings. The summed E-state index contributed by atoms with van der Waals surface area (Å²) in [5.41, 5.74) is 4.11. The lowest BCUT2D eigenvalue weighted by atomic mass is 10.1. The molecule has 9 heteroatoms. The van der Waals surface area contributed by atoms with E-state index in [-0.39, 0.29) is 0 Å². The molecule has 1 aliphatic carbocycles. The maximum atomic E-state index is 5.47. The lowest BCUT2D eigenvalue weighted by molar-refractivity contribution is 0.354. The molecule has 0 spiro atoms. The van der Waals surface area contributed by atoms with Crippen molar-refractivity contribution in [1.29, 1.82) is 0 Å². The van der Waals surface area contributed by atoms with Crippen molar-refractivity contribution in [2.45, 2.75) is 38.5 Å². The zero-order valence-corrected chi connectivity index (χ0v) is 20.7. The lowest BCUT2D eigenvalue weighted by Crippen LogP contribution is -2.09. The Morgan fingerprint density at radius 1 is 0.889 bits per heavy atom. The van der Waals surface area contributed by atoms with Gasteiger partial charge in [0.2, 0.25) is 0 Å². The summed E-state index contributed by atoms with van der Waals surface area (Å²) >= 11 is 0. The van der Waals surface area contributed by atoms with E-state index in [1.807, 2.05) is 61.0 Å². The maximum absolute atomic E-state index is 5.47. The minimum Gasteiger partial charge on any atom is -0.493 e. The summed E-state index contributed by atoms with van der Waals surface area (Å²) in [7, 11) is 3.27. The van der Waals surface area contributed by atoms with Crippen LogP contribution in [-0.4, -0.2) is 48.9 Å². The Labute approximate surface area is 208 Å². The predicted octanol–water partition coefficient (Wildman–Crippen LogP) is 4.43. The number of aromatic amines is 1. The molecule has 2 atom stereocenters. The molecule has 1 N–H and O–H groups in total. The van der Waals surface area contributed by atoms with Crippen LogP contribution in [0.5, 0.6) is 11.5 Å². The van der Waals surface area contributed by atoms with E-state index in [0.717, 1.165) is 46.2 Å². The van der Waals surface area contributed by atoms with E-state index in [1.54, 1.807) is 14.2 Å². The molecule has 0 radical (unpaired) electrons. The average Bonchev–Trinajstić information content (AvgIpc) is 3.43. The number of fused-ring (bicyclic) bond motifs is 1. The Hall–Kier alpha value is -4.27. The number of nitrogens with one attached hydrogen (secondary N) is 1. The first kappa shape index (κ1) is 22.2. The third-order valence-corrected chi connectivity index (χ3v) is 6.58. The highest BCUT2D eigenvalue weighted by Gasteiger charge is 2.43. The van der Waals surface area contributed by atoms with Crippen molar-refractivity contribution in [1.82, 2.24) is 34.7 Å². The molecule has 2 aromatic carbocycles. The van der Waals surface area contributed by atoms with Crippen LogP contribution in [0, 0.1) is 13.8 Å². The van der Waals surface area contributed by atoms with Gasteiger partial charge in [-0.05, 0) is 50.1 Å². The summed E-state index contributed by atoms with van der Waals surface area (Å²) in [5, 5.41) is 4.66. The normalized spacial score (nSPS) is 16.9. The number of nitrogens with zero attached hydrogens (tertiary/aromatic N) is 6. The summed E-state index contributed by atoms with van der Waals surface area (Å²) in [6, 6.07) is 16.0. The third-order valence-electron chi connectivity index (χ3n) is 6.58. The second kappa shape index (κ2) is 8.75. The molecule has 1 saturated carbocycles. The van der Waals surface area contributed by atoms with Crippen molar-refractivity contribution in [3.8, 4) is 17.3 Å². The van der Waals surface area contributed by atoms with E-state index >= 15 is 0 Å². The Kier molecular flexibility index (Phi) is 5.40. The quantitative estimate of drug-likeness (QED) is 0.367. The molecular formula is C27H27N7O2. The number of ether oxygens (including phenoxy) is 2. The molecule has 0 aliphatic heterocycles. The standard InChI is InChI=1S/C27H27N7O2/c1-15-28-22(18-13-19(18)27-31-20-7-5-6-8-21(20)32-27)14-26(29-15)34-25(30-16(2)33-34)12-17-9-10-23(35-3)24(11-17)36-4/h5-11,14,18-19H,12-13H2,1-4H3,(H,31,32)/t18-,19-/m0/s1. The lowest BCUT2D eigenvalue weighted by Gasteiger charge is -2.11. The molecule has 36 heavy (non-hydrogen) atoms. The molecule has 0 amide bonds. The summed E-state index contributed by atoms with van der Waals surface area (Å²) in [6.45, 7) is 3.81. The fourth-order valence-electron chi connectivity index (χ4n) is 4.78. The van der Waals surface area contributed by atoms with Gasteiger partial charge in [0.05, 0.1) is 30.9 Å². The van der Waals surface area contributed by atoms with Gasteiger partial charge in [-0.25, -0.2) is 19.9 Å². The Bertz CT molecular complexity index is 1540. The first-order valence-corrected chi connectivity index (χ1v) is 12.0. The SMILES string of the molecule is COc1ccc(Cc2nc(C)nn2-c2cc([C@H]3C[C@@H]3c3nc4ccccc4[nH]3)nc(C)n2)cc1OC. The molecular weight excluding hydrogens is 454 g/mol. The van der Waals surface area contributed by atoms with Crippen LogP contribution >= 0.6 is 0 Å². The van der Waals surface area contributed by atoms with Gasteiger partial charge in [0.1, 0.15) is 23.3 Å². The van der Waals surface area contributed by atoms with Crippen molar-refractivity contribution < 1.29 is 9.47 Å². The van der Waals surface area contributed by atoms with E-state index in [2.05, 4.69) is 16.1 Å². The second-order valence-corrected chi connectivity index (χ2v) is 9.14. The van der Waals surface area contributed by atoms with Crippen LogP contribution in [0.15, 0.2) is 48.5 Å². The smallest absolute Gasteiger partial charge is 0.161 e. The number of imidazole rings is 1. The number of para-hydroxylation sites is 2. The largest absolute Gasteiger partial charge is 0.493 e. The minimum absolute atomic E-state index is 0.296. The van der Waals surface area contributed by atoms with Crippen molar-refractivity contribution in [3.63, 3.8) is 0 Å². The maximum Gasteiger partial charge on any atom is 0.161 e. The highest BCUT2D eigenvalue weighted by molar-refractivity contribution is 5.75. The molecule has 6 rings (SSSR count). The zero-order chi connectivity index (χ0) is 24.8. The molecule has 182 valence electrons. The fraction of sp³-hybridized carbons (Fsp3) is 0.296. The van der Waals surface area contributed by atoms with Crippen LogP contribution in [0.2, 0.25) is 0 Å². The topological polar surface area (TPSA) is 104 Å². The summed E-state index contributed by atoms with van der Waals surface area (Å²) in [4.78, 5) is 22.4. The Morgan fingerprint density at radius 2 is 1.72 bits per heavy atom. The van der Waals surface area contributed by atoms with Crippen LogP contribution < -0.4 is 9.47 Å². The van der Waals surface area contributed by atoms with Gasteiger partial charge >= 0.3 is 0 Å². The van der Waals surface area contributed by atoms with Crippen LogP contribution in [0.1, 0.15) is 52.8 Å². The minimum atomic E-state index is 0.296. The first-order valence-electron chi connectivity index (χ1n) is 12.0. The molecule has 1 aliphatic rings. The van der Waals surface area contributed by atoms with Crippen molar-refractivity contribution in [2.24, 2.45) is 0 Å². The van der Waals surface area contributed by atoms with E-state index in [0.29, 0.717) is 41.4 Å². The van der Waals surface area contributed by atoms with Gasteiger partial charge in [-0.2, -0.15) is 4.68 Å². The van der Waals surface area contributed by atoms with Gasteiger partial charge in [-0.3, -0.25) is 0 Å². The number of methoxy groups -OCH3 is 2. The number of hydrogen-bond acceptors (Lipinski definition) is 7. The van der Waals surface area contributed by atoms with E-state index in [9.17, 15) is 0 Å². The van der Waals surface area contributed by atoms with Gasteiger partial charge in [0.25, 0.3) is 0 Å². The van der Waals surface area contributed by atoms with Crippen LogP contribution in [0.25, 0.3) is 16.9 Å². The van der Waals surface area contributed by atoms with Gasteiger partial charge in [0.15, 0.2) is 17.3 Å². The summed E-state index contributed by atoms with van der Waals surface area (Å²) in [6.07, 6.45) is 1.58. The molecule has 3 heterocycles. The number of hydrogen-bond donors (Lipinski definition) is 1. The average molecular weight is 482 g/mol. The number of benzene rings is 2. The van der Waals surface area contributed by atoms with Gasteiger partial charge < -0.3 is 14.5 Å². The zero-order valence-electron chi connectivity index (χ0n) is 20.7. The van der Waals surface area contributed by atoms with Crippen LogP contribution in [0.4, 0.5) is 0 Å². The highest BCUT2D eigenvalue weighted by Crippen LogP contribution is 2.53. The van der Waals surface area contributed by atoms with Gasteiger partial charge in [-0.15, -0.1) is 5.10 Å². The molecule has 0 unspecified atom stereocenters. The fourth-order valence-corrected chi connectivity index (χ4v) is 4.78. The number of H-pyrrole nitrogens is 1. The Morgan fingerprint density at radius 3 is 2.53 bits per heavy atom. The Balaban J connectivity index is 1.30. The molecule has 0 bridgehead atoms. The van der Waals surface area contributed by atoms with Crippen LogP contribution in [-0.2, 0) is 6.42 Å². The van der Waals surface area contributed by atoms with E-state index < -0.39 is 0 Å². The second-order valence-electron chi connectivity index (χ2n) is 9.14. The van der Waals surface area contributed by atoms with Crippen molar-refractivity contribution >= 4 is 11.0 Å². The highest BCUT2D eigenvalue weighted by atomic mass is 16.5. The van der Waals surface area contributed by atoms with Crippen LogP contribution in [0.3, 0.4) is 0 Å². The first-order chi connectivity index (χ1) is 17.5. The number of rotatable bonds is 7. The van der Waals surface area contributed by atoms with Crippen molar-refractivity contribution in [2.75, 3.05) is 14.2 Å². The monoisotopic (exact) mass is 481 g/mol. The number of aryl methyl sites for hydroxylation is 2. The van der Waals surface area contributed by atoms with Crippen molar-refractivity contribution in [3.05, 3.63) is 83.1 Å². The predicted molar refractivity (Wildman–Crippen MR) is 135 cm³/mol. The third kappa shape index (κ3) is 4.06. The molecule has 3 aromatic heterocycles. The summed E-state index contributed by atoms with van der Waals surface area (Å²) < 4.78 is 12.7. The molecule has 0 saturated heterocycles. The number of aromatic nitrogens is 7. The molecule has 9 nitrogen and oxygen atoms in total. The summed E-state index contributed by atoms with van der Waals surface area (Å²) in [5.74, 6) is 5.94. The van der Waals surface area contributed by atoms with E-state index in [4.69, 9.17) is 29.4 Å². The van der Waals surface area contributed by atoms with E-state index in [1.165, 1.54) is 0 Å². The molecule has 5 aromatic rings. The van der Waals surface area contributed by atoms with Gasteiger partial charge in [-0.1, -0.05) is 18.2 Å². The van der Waals surface area contributed by atoms with Gasteiger partial charge in [0, 0.05) is 24.3 Å².